The molecule has 0 amide bonds. The van der Waals surface area contributed by atoms with E-state index in [0.29, 0.717) is 6.04 Å². The molecule has 0 unspecified atom stereocenters. The number of nitrogens with one attached hydrogen (secondary N) is 1. The van der Waals surface area contributed by atoms with Gasteiger partial charge in [0.05, 0.1) is 0 Å². The summed E-state index contributed by atoms with van der Waals surface area (Å²) in [4.78, 5) is 11.6. The van der Waals surface area contributed by atoms with Gasteiger partial charge < -0.3 is 0 Å². The molecule has 3 rings (SSSR count). The van der Waals surface area contributed by atoms with Crippen molar-refractivity contribution in [2.75, 3.05) is 0 Å². The number of hydrogen-bond donors (Lipinski definition) is 1. The molecule has 1 aliphatic carbocycles. The fraction of sp³-hybridized carbons (Fsp3) is 0.333. The summed E-state index contributed by atoms with van der Waals surface area (Å²) < 4.78 is 1.76. The molecule has 0 bridgehead atoms. The fourth-order valence-electron chi connectivity index (χ4n) is 1.82. The van der Waals surface area contributed by atoms with Crippen LogP contribution in [0.25, 0.3) is 0 Å². The lowest BCUT2D eigenvalue weighted by Gasteiger charge is -2.03. The van der Waals surface area contributed by atoms with E-state index in [4.69, 9.17) is 11.6 Å². The third kappa shape index (κ3) is 2.47. The Balaban J connectivity index is 1.75. The van der Waals surface area contributed by atoms with Crippen molar-refractivity contribution in [2.24, 2.45) is 0 Å². The van der Waals surface area contributed by atoms with E-state index >= 15 is 0 Å². The van der Waals surface area contributed by atoms with Crippen LogP contribution in [0.3, 0.4) is 0 Å². The third-order valence-electron chi connectivity index (χ3n) is 2.84. The first-order chi connectivity index (χ1) is 8.74. The average molecular weight is 282 g/mol. The highest BCUT2D eigenvalue weighted by Crippen LogP contribution is 2.36. The van der Waals surface area contributed by atoms with E-state index < -0.39 is 0 Å². The molecule has 94 valence electrons. The van der Waals surface area contributed by atoms with E-state index in [1.807, 2.05) is 24.3 Å². The Bertz CT molecular complexity index is 618. The predicted molar refractivity (Wildman–Crippen MR) is 72.1 cm³/mol. The lowest BCUT2D eigenvalue weighted by Crippen LogP contribution is -2.16. The molecule has 2 aromatic rings. The van der Waals surface area contributed by atoms with Gasteiger partial charge in [0.1, 0.15) is 0 Å². The molecule has 1 aliphatic rings. The monoisotopic (exact) mass is 281 g/mol. The number of hydrogen-bond acceptors (Lipinski definition) is 3. The minimum Gasteiger partial charge on any atom is -0.267 e. The van der Waals surface area contributed by atoms with E-state index in [-0.39, 0.29) is 5.69 Å². The Morgan fingerprint density at radius 1 is 1.50 bits per heavy atom. The summed E-state index contributed by atoms with van der Waals surface area (Å²) in [5.74, 6) is 0.761. The molecule has 1 N–H and O–H groups in total. The highest BCUT2D eigenvalue weighted by Gasteiger charge is 2.28. The van der Waals surface area contributed by atoms with E-state index in [2.05, 4.69) is 10.2 Å². The SMILES string of the molecule is O=c1[nH]nc(SCc2cccc(Cl)c2)n1C1CC1. The first kappa shape index (κ1) is 11.9. The fourth-order valence-corrected chi connectivity index (χ4v) is 2.99. The zero-order chi connectivity index (χ0) is 12.5. The van der Waals surface area contributed by atoms with Gasteiger partial charge in [-0.05, 0) is 30.5 Å². The van der Waals surface area contributed by atoms with Gasteiger partial charge in [-0.1, -0.05) is 35.5 Å². The molecule has 0 atom stereocenters. The van der Waals surface area contributed by atoms with Gasteiger partial charge in [-0.15, -0.1) is 5.10 Å². The van der Waals surface area contributed by atoms with E-state index in [1.165, 1.54) is 0 Å². The standard InChI is InChI=1S/C12H12ClN3OS/c13-9-3-1-2-8(6-9)7-18-12-15-14-11(17)16(12)10-4-5-10/h1-3,6,10H,4-5,7H2,(H,14,17). The highest BCUT2D eigenvalue weighted by atomic mass is 35.5. The van der Waals surface area contributed by atoms with Crippen LogP contribution in [0, 0.1) is 0 Å². The second kappa shape index (κ2) is 4.82. The summed E-state index contributed by atoms with van der Waals surface area (Å²) in [6.45, 7) is 0. The Labute approximate surface area is 113 Å². The van der Waals surface area contributed by atoms with Gasteiger partial charge in [0.15, 0.2) is 5.16 Å². The van der Waals surface area contributed by atoms with Gasteiger partial charge >= 0.3 is 5.69 Å². The van der Waals surface area contributed by atoms with Crippen molar-refractivity contribution in [3.8, 4) is 0 Å². The number of H-pyrrole nitrogens is 1. The van der Waals surface area contributed by atoms with Gasteiger partial charge in [0.25, 0.3) is 0 Å². The van der Waals surface area contributed by atoms with Crippen molar-refractivity contribution < 1.29 is 0 Å². The number of rotatable bonds is 4. The molecule has 6 heteroatoms. The van der Waals surface area contributed by atoms with Crippen LogP contribution in [0.15, 0.2) is 34.2 Å². The second-order valence-electron chi connectivity index (χ2n) is 4.33. The molecule has 1 aromatic heterocycles. The lowest BCUT2D eigenvalue weighted by molar-refractivity contribution is 0.642. The Morgan fingerprint density at radius 2 is 2.33 bits per heavy atom. The molecule has 1 saturated carbocycles. The Hall–Kier alpha value is -1.20. The maximum absolute atomic E-state index is 11.6. The van der Waals surface area contributed by atoms with Crippen LogP contribution in [0.4, 0.5) is 0 Å². The van der Waals surface area contributed by atoms with Crippen LogP contribution in [0.5, 0.6) is 0 Å². The number of aromatic nitrogens is 3. The van der Waals surface area contributed by atoms with Crippen molar-refractivity contribution >= 4 is 23.4 Å². The number of thioether (sulfide) groups is 1. The van der Waals surface area contributed by atoms with Gasteiger partial charge in [-0.25, -0.2) is 9.89 Å². The van der Waals surface area contributed by atoms with Crippen molar-refractivity contribution in [2.45, 2.75) is 29.8 Å². The largest absolute Gasteiger partial charge is 0.344 e. The zero-order valence-electron chi connectivity index (χ0n) is 9.60. The Kier molecular flexibility index (Phi) is 3.18. The number of aromatic amines is 1. The van der Waals surface area contributed by atoms with Crippen molar-refractivity contribution in [3.05, 3.63) is 45.3 Å². The Morgan fingerprint density at radius 3 is 3.06 bits per heavy atom. The van der Waals surface area contributed by atoms with Crippen LogP contribution in [0.1, 0.15) is 24.4 Å². The van der Waals surface area contributed by atoms with Crippen molar-refractivity contribution in [1.82, 2.24) is 14.8 Å². The first-order valence-electron chi connectivity index (χ1n) is 5.78. The zero-order valence-corrected chi connectivity index (χ0v) is 11.2. The minimum atomic E-state index is -0.105. The molecular weight excluding hydrogens is 270 g/mol. The summed E-state index contributed by atoms with van der Waals surface area (Å²) in [7, 11) is 0. The van der Waals surface area contributed by atoms with Crippen LogP contribution in [0.2, 0.25) is 5.02 Å². The third-order valence-corrected chi connectivity index (χ3v) is 4.10. The quantitative estimate of drug-likeness (QED) is 0.877. The molecule has 0 radical (unpaired) electrons. The summed E-state index contributed by atoms with van der Waals surface area (Å²) in [5.41, 5.74) is 1.02. The molecular formula is C12H12ClN3OS. The van der Waals surface area contributed by atoms with Gasteiger partial charge in [0, 0.05) is 16.8 Å². The normalized spacial score (nSPS) is 14.9. The predicted octanol–water partition coefficient (Wildman–Crippen LogP) is 2.85. The number of benzene rings is 1. The van der Waals surface area contributed by atoms with Crippen LogP contribution >= 0.6 is 23.4 Å². The van der Waals surface area contributed by atoms with Crippen LogP contribution in [-0.4, -0.2) is 14.8 Å². The molecule has 1 fully saturated rings. The van der Waals surface area contributed by atoms with Gasteiger partial charge in [-0.3, -0.25) is 4.57 Å². The molecule has 0 aliphatic heterocycles. The van der Waals surface area contributed by atoms with Gasteiger partial charge in [0.2, 0.25) is 0 Å². The van der Waals surface area contributed by atoms with Crippen molar-refractivity contribution in [1.29, 1.82) is 0 Å². The van der Waals surface area contributed by atoms with Gasteiger partial charge in [-0.2, -0.15) is 0 Å². The topological polar surface area (TPSA) is 50.7 Å². The van der Waals surface area contributed by atoms with E-state index in [1.54, 1.807) is 16.3 Å². The van der Waals surface area contributed by atoms with Crippen LogP contribution in [-0.2, 0) is 5.75 Å². The summed E-state index contributed by atoms with van der Waals surface area (Å²) >= 11 is 7.50. The molecule has 0 saturated heterocycles. The molecule has 1 aromatic carbocycles. The van der Waals surface area contributed by atoms with Crippen molar-refractivity contribution in [3.63, 3.8) is 0 Å². The number of halogens is 1. The van der Waals surface area contributed by atoms with E-state index in [9.17, 15) is 4.79 Å². The number of nitrogens with zero attached hydrogens (tertiary/aromatic N) is 2. The molecule has 0 spiro atoms. The molecule has 4 nitrogen and oxygen atoms in total. The first-order valence-corrected chi connectivity index (χ1v) is 7.14. The lowest BCUT2D eigenvalue weighted by atomic mass is 10.2. The molecule has 1 heterocycles. The summed E-state index contributed by atoms with van der Waals surface area (Å²) in [6, 6.07) is 8.07. The maximum atomic E-state index is 11.6. The van der Waals surface area contributed by atoms with E-state index in [0.717, 1.165) is 34.3 Å². The average Bonchev–Trinajstić information content (AvgIpc) is 3.11. The smallest absolute Gasteiger partial charge is 0.267 e. The van der Waals surface area contributed by atoms with Crippen LogP contribution < -0.4 is 5.69 Å². The maximum Gasteiger partial charge on any atom is 0.344 e. The minimum absolute atomic E-state index is 0.105. The molecule has 18 heavy (non-hydrogen) atoms. The summed E-state index contributed by atoms with van der Waals surface area (Å²) in [6.07, 6.45) is 2.15. The second-order valence-corrected chi connectivity index (χ2v) is 5.71. The summed E-state index contributed by atoms with van der Waals surface area (Å²) in [5, 5.41) is 8.08. The highest BCUT2D eigenvalue weighted by molar-refractivity contribution is 7.98.